The molecule has 0 amide bonds. The van der Waals surface area contributed by atoms with Gasteiger partial charge < -0.3 is 18.9 Å². The molecule has 0 aromatic heterocycles. The molecular weight excluding hydrogens is 777 g/mol. The number of rotatable bonds is 4. The lowest BCUT2D eigenvalue weighted by atomic mass is 9.48. The molecule has 2 spiro atoms. The van der Waals surface area contributed by atoms with Gasteiger partial charge in [0.05, 0.1) is 21.7 Å². The van der Waals surface area contributed by atoms with Gasteiger partial charge in [0, 0.05) is 23.2 Å². The molecule has 4 saturated heterocycles. The molecule has 5 aliphatic carbocycles. The number of hydrogen-bond donors (Lipinski definition) is 0. The summed E-state index contributed by atoms with van der Waals surface area (Å²) in [5.41, 5.74) is -2.16. The van der Waals surface area contributed by atoms with Crippen LogP contribution in [-0.4, -0.2) is 46.3 Å². The average molecular weight is 877 g/mol. The Kier molecular flexibility index (Phi) is 17.4. The van der Waals surface area contributed by atoms with Crippen LogP contribution in [0.15, 0.2) is 0 Å². The minimum absolute atomic E-state index is 0. The fraction of sp³-hybridized carbons (Fsp3) is 0.926. The molecule has 0 N–H and O–H groups in total. The Balaban J connectivity index is 0.000000409. The van der Waals surface area contributed by atoms with Gasteiger partial charge in [0.2, 0.25) is 0 Å². The number of ether oxygens (including phenoxy) is 4. The van der Waals surface area contributed by atoms with Gasteiger partial charge in [-0.2, -0.15) is 0 Å². The second-order valence-corrected chi connectivity index (χ2v) is 23.3. The summed E-state index contributed by atoms with van der Waals surface area (Å²) in [7, 11) is 0. The highest BCUT2D eigenvalue weighted by Crippen LogP contribution is 2.65. The van der Waals surface area contributed by atoms with Crippen molar-refractivity contribution in [2.45, 2.75) is 260 Å². The lowest BCUT2D eigenvalue weighted by Gasteiger charge is -2.59. The van der Waals surface area contributed by atoms with E-state index in [1.165, 1.54) is 44.9 Å². The summed E-state index contributed by atoms with van der Waals surface area (Å²) >= 11 is 0. The van der Waals surface area contributed by atoms with Crippen LogP contribution in [0, 0.1) is 62.1 Å². The van der Waals surface area contributed by atoms with E-state index >= 15 is 0 Å². The summed E-state index contributed by atoms with van der Waals surface area (Å²) in [4.78, 5) is 47.6. The molecule has 9 rings (SSSR count). The van der Waals surface area contributed by atoms with E-state index in [2.05, 4.69) is 69.2 Å². The van der Waals surface area contributed by atoms with E-state index in [9.17, 15) is 19.2 Å². The van der Waals surface area contributed by atoms with Gasteiger partial charge in [-0.05, 0) is 163 Å². The van der Waals surface area contributed by atoms with Crippen molar-refractivity contribution in [1.82, 2.24) is 0 Å². The van der Waals surface area contributed by atoms with E-state index in [0.29, 0.717) is 17.8 Å². The predicted octanol–water partition coefficient (Wildman–Crippen LogP) is 14.5. The van der Waals surface area contributed by atoms with E-state index in [0.717, 1.165) is 56.8 Å². The third-order valence-corrected chi connectivity index (χ3v) is 20.2. The van der Waals surface area contributed by atoms with Gasteiger partial charge in [0.1, 0.15) is 22.4 Å². The molecule has 9 aliphatic rings. The van der Waals surface area contributed by atoms with Crippen molar-refractivity contribution in [1.29, 1.82) is 0 Å². The number of esters is 4. The molecule has 4 aliphatic heterocycles. The molecule has 4 bridgehead atoms. The topological polar surface area (TPSA) is 105 Å². The van der Waals surface area contributed by atoms with Crippen molar-refractivity contribution < 1.29 is 38.1 Å². The predicted molar refractivity (Wildman–Crippen MR) is 255 cm³/mol. The van der Waals surface area contributed by atoms with Crippen molar-refractivity contribution in [2.75, 3.05) is 0 Å². The zero-order valence-corrected chi connectivity index (χ0v) is 40.1. The standard InChI is InChI=1S/C16H24O2.C12H20O2.2C11H20O2.4CH4/c1-3-15(2)9-16(18-14(15)17)12-5-10-4-11(7-12)8-13(16)6-10;1-4-11(3)9(2)12(14-10(11)13)7-5-6-8-12;1-7-11(6)8(12)13-10(4,5)9(11,2)3;1-7-11(6)10(4,5)9(2,3)8(12)13-11;;;;/h10-13H,3-9H2,1-2H3;9H,4-8H2,1-3H3;2*7H2,1-6H3;4*1H4. The van der Waals surface area contributed by atoms with Crippen LogP contribution in [0.3, 0.4) is 0 Å². The lowest BCUT2D eigenvalue weighted by molar-refractivity contribution is -0.191. The zero-order chi connectivity index (χ0) is 43.9. The quantitative estimate of drug-likeness (QED) is 0.203. The molecule has 0 aromatic carbocycles. The van der Waals surface area contributed by atoms with Crippen LogP contribution in [0.4, 0.5) is 0 Å². The number of cyclic esters (lactones) is 2. The van der Waals surface area contributed by atoms with Gasteiger partial charge in [-0.3, -0.25) is 19.2 Å². The summed E-state index contributed by atoms with van der Waals surface area (Å²) in [6.45, 7) is 35.1. The minimum atomic E-state index is -0.377. The van der Waals surface area contributed by atoms with Crippen molar-refractivity contribution in [3.05, 3.63) is 0 Å². The van der Waals surface area contributed by atoms with E-state index < -0.39 is 0 Å². The Morgan fingerprint density at radius 2 is 1.00 bits per heavy atom. The highest BCUT2D eigenvalue weighted by molar-refractivity contribution is 5.82. The highest BCUT2D eigenvalue weighted by Gasteiger charge is 2.67. The Hall–Kier alpha value is -2.12. The Bertz CT molecular complexity index is 1570. The second-order valence-electron chi connectivity index (χ2n) is 23.3. The van der Waals surface area contributed by atoms with Crippen LogP contribution in [0.1, 0.15) is 237 Å². The van der Waals surface area contributed by atoms with Crippen LogP contribution >= 0.6 is 0 Å². The van der Waals surface area contributed by atoms with Crippen molar-refractivity contribution >= 4 is 23.9 Å². The first-order valence-electron chi connectivity index (χ1n) is 23.4. The molecule has 62 heavy (non-hydrogen) atoms. The van der Waals surface area contributed by atoms with Crippen molar-refractivity contribution in [3.63, 3.8) is 0 Å². The normalized spacial score (nSPS) is 40.9. The molecule has 8 heteroatoms. The maximum Gasteiger partial charge on any atom is 0.313 e. The maximum absolute atomic E-state index is 12.3. The maximum atomic E-state index is 12.3. The monoisotopic (exact) mass is 877 g/mol. The van der Waals surface area contributed by atoms with Crippen LogP contribution in [0.2, 0.25) is 0 Å². The van der Waals surface area contributed by atoms with E-state index in [1.807, 2.05) is 48.5 Å². The first-order valence-corrected chi connectivity index (χ1v) is 23.4. The van der Waals surface area contributed by atoms with Crippen LogP contribution in [0.5, 0.6) is 0 Å². The van der Waals surface area contributed by atoms with Gasteiger partial charge in [0.15, 0.2) is 0 Å². The van der Waals surface area contributed by atoms with Crippen molar-refractivity contribution in [3.8, 4) is 0 Å². The third-order valence-electron chi connectivity index (χ3n) is 20.2. The summed E-state index contributed by atoms with van der Waals surface area (Å²) in [6, 6.07) is 0. The molecule has 4 heterocycles. The SMILES string of the molecule is C.C.C.C.CCC1(C)C(=O)OC(C)(C)C1(C)C.CCC1(C)C(=O)OC2(CCCC2)C1C.CCC1(C)CC2(OC1=O)C1CC3CC(C1)CC2C3.CCC1(C)OC(=O)C(C)(C)C1(C)C. The first-order chi connectivity index (χ1) is 26.5. The van der Waals surface area contributed by atoms with Gasteiger partial charge in [0.25, 0.3) is 0 Å². The fourth-order valence-electron chi connectivity index (χ4n) is 12.7. The van der Waals surface area contributed by atoms with Gasteiger partial charge >= 0.3 is 23.9 Å². The number of carbonyl (C=O) groups excluding carboxylic acids is 4. The largest absolute Gasteiger partial charge is 0.459 e. The summed E-state index contributed by atoms with van der Waals surface area (Å²) in [6.07, 6.45) is 15.9. The molecule has 5 atom stereocenters. The van der Waals surface area contributed by atoms with Gasteiger partial charge in [-0.25, -0.2) is 0 Å². The lowest BCUT2D eigenvalue weighted by Crippen LogP contribution is -2.57. The summed E-state index contributed by atoms with van der Waals surface area (Å²) in [5, 5.41) is 0. The van der Waals surface area contributed by atoms with E-state index in [4.69, 9.17) is 18.9 Å². The van der Waals surface area contributed by atoms with Gasteiger partial charge in [-0.15, -0.1) is 0 Å². The van der Waals surface area contributed by atoms with E-state index in [1.54, 1.807) is 0 Å². The van der Waals surface area contributed by atoms with Crippen molar-refractivity contribution in [2.24, 2.45) is 62.1 Å². The molecule has 5 saturated carbocycles. The Morgan fingerprint density at radius 3 is 1.29 bits per heavy atom. The van der Waals surface area contributed by atoms with E-state index in [-0.39, 0.29) is 108 Å². The van der Waals surface area contributed by atoms with Crippen LogP contribution < -0.4 is 0 Å². The third kappa shape index (κ3) is 8.45. The highest BCUT2D eigenvalue weighted by atomic mass is 16.6. The average Bonchev–Trinajstić information content (AvgIpc) is 3.84. The summed E-state index contributed by atoms with van der Waals surface area (Å²) < 4.78 is 22.7. The Morgan fingerprint density at radius 1 is 0.516 bits per heavy atom. The number of hydrogen-bond acceptors (Lipinski definition) is 8. The molecule has 364 valence electrons. The van der Waals surface area contributed by atoms with Crippen LogP contribution in [-0.2, 0) is 38.1 Å². The fourth-order valence-corrected chi connectivity index (χ4v) is 12.7. The second kappa shape index (κ2) is 18.6. The molecular formula is C54H100O8. The van der Waals surface area contributed by atoms with Crippen LogP contribution in [0.25, 0.3) is 0 Å². The first kappa shape index (κ1) is 57.9. The smallest absolute Gasteiger partial charge is 0.313 e. The zero-order valence-electron chi connectivity index (χ0n) is 40.1. The number of carbonyl (C=O) groups is 4. The Labute approximate surface area is 382 Å². The van der Waals surface area contributed by atoms with Gasteiger partial charge in [-0.1, -0.05) is 92.0 Å². The summed E-state index contributed by atoms with van der Waals surface area (Å²) in [5.74, 6) is 3.67. The molecule has 9 fully saturated rings. The molecule has 0 aromatic rings. The molecule has 8 nitrogen and oxygen atoms in total. The minimum Gasteiger partial charge on any atom is -0.459 e. The molecule has 0 radical (unpaired) electrons. The molecule has 5 unspecified atom stereocenters.